The first-order valence-electron chi connectivity index (χ1n) is 5.19. The number of carboxylic acids is 1. The molecule has 2 rings (SSSR count). The summed E-state index contributed by atoms with van der Waals surface area (Å²) in [7, 11) is 0. The Morgan fingerprint density at radius 3 is 2.74 bits per heavy atom. The van der Waals surface area contributed by atoms with E-state index in [1.54, 1.807) is 0 Å². The van der Waals surface area contributed by atoms with Crippen LogP contribution >= 0.6 is 11.6 Å². The molecule has 7 heteroatoms. The highest BCUT2D eigenvalue weighted by molar-refractivity contribution is 6.34. The van der Waals surface area contributed by atoms with Gasteiger partial charge in [-0.25, -0.2) is 9.78 Å². The van der Waals surface area contributed by atoms with E-state index in [4.69, 9.17) is 16.7 Å². The lowest BCUT2D eigenvalue weighted by atomic mass is 10.2. The zero-order valence-corrected chi connectivity index (χ0v) is 10.3. The van der Waals surface area contributed by atoms with E-state index in [1.807, 2.05) is 0 Å². The minimum atomic E-state index is -1.23. The molecular weight excluding hydrogens is 270 g/mol. The average molecular weight is 278 g/mol. The molecule has 0 unspecified atom stereocenters. The molecule has 0 atom stereocenters. The van der Waals surface area contributed by atoms with Crippen LogP contribution in [0.5, 0.6) is 0 Å². The van der Waals surface area contributed by atoms with E-state index in [-0.39, 0.29) is 22.0 Å². The highest BCUT2D eigenvalue weighted by atomic mass is 35.5. The van der Waals surface area contributed by atoms with Crippen molar-refractivity contribution >= 4 is 29.2 Å². The fraction of sp³-hybridized carbons (Fsp3) is 0. The van der Waals surface area contributed by atoms with E-state index in [0.717, 1.165) is 0 Å². The second kappa shape index (κ2) is 5.45. The lowest BCUT2D eigenvalue weighted by Gasteiger charge is -2.08. The number of pyridine rings is 2. The number of nitrogens with one attached hydrogen (secondary N) is 1. The summed E-state index contributed by atoms with van der Waals surface area (Å²) in [5.41, 5.74) is 0.0748. The number of aromatic nitrogens is 2. The Balaban J connectivity index is 2.30. The summed E-state index contributed by atoms with van der Waals surface area (Å²) in [6, 6.07) is 4.41. The summed E-state index contributed by atoms with van der Waals surface area (Å²) in [6.45, 7) is 0. The number of rotatable bonds is 3. The van der Waals surface area contributed by atoms with Crippen molar-refractivity contribution in [1.29, 1.82) is 0 Å². The van der Waals surface area contributed by atoms with E-state index >= 15 is 0 Å². The highest BCUT2D eigenvalue weighted by Crippen LogP contribution is 2.17. The molecule has 0 aliphatic heterocycles. The van der Waals surface area contributed by atoms with Crippen LogP contribution in [0, 0.1) is 0 Å². The number of anilines is 1. The second-order valence-corrected chi connectivity index (χ2v) is 3.92. The van der Waals surface area contributed by atoms with Crippen LogP contribution in [0.2, 0.25) is 5.02 Å². The van der Waals surface area contributed by atoms with Gasteiger partial charge >= 0.3 is 5.97 Å². The molecule has 2 heterocycles. The van der Waals surface area contributed by atoms with Crippen molar-refractivity contribution in [3.8, 4) is 0 Å². The van der Waals surface area contributed by atoms with Gasteiger partial charge in [0.2, 0.25) is 0 Å². The summed E-state index contributed by atoms with van der Waals surface area (Å²) < 4.78 is 0. The number of hydrogen-bond donors (Lipinski definition) is 2. The van der Waals surface area contributed by atoms with Crippen molar-refractivity contribution in [1.82, 2.24) is 9.97 Å². The van der Waals surface area contributed by atoms with Crippen LogP contribution in [-0.4, -0.2) is 27.0 Å². The zero-order chi connectivity index (χ0) is 13.8. The van der Waals surface area contributed by atoms with Gasteiger partial charge in [-0.05, 0) is 18.2 Å². The number of nitrogens with zero attached hydrogens (tertiary/aromatic N) is 2. The van der Waals surface area contributed by atoms with Crippen molar-refractivity contribution in [3.63, 3.8) is 0 Å². The molecule has 96 valence electrons. The quantitative estimate of drug-likeness (QED) is 0.896. The normalized spacial score (nSPS) is 9.95. The zero-order valence-electron chi connectivity index (χ0n) is 9.50. The van der Waals surface area contributed by atoms with E-state index < -0.39 is 11.9 Å². The van der Waals surface area contributed by atoms with Gasteiger partial charge in [0, 0.05) is 18.6 Å². The fourth-order valence-corrected chi connectivity index (χ4v) is 1.63. The van der Waals surface area contributed by atoms with Gasteiger partial charge in [0.1, 0.15) is 0 Å². The number of amides is 1. The molecule has 0 aliphatic carbocycles. The van der Waals surface area contributed by atoms with Crippen LogP contribution < -0.4 is 5.32 Å². The SMILES string of the molecule is O=C(Nc1cccnc1C(=O)O)c1ccncc1Cl. The van der Waals surface area contributed by atoms with E-state index in [2.05, 4.69) is 15.3 Å². The smallest absolute Gasteiger partial charge is 0.356 e. The molecule has 0 radical (unpaired) electrons. The lowest BCUT2D eigenvalue weighted by molar-refractivity contribution is 0.0692. The van der Waals surface area contributed by atoms with Crippen LogP contribution in [0.1, 0.15) is 20.8 Å². The first-order valence-corrected chi connectivity index (χ1v) is 5.56. The molecule has 0 bridgehead atoms. The summed E-state index contributed by atoms with van der Waals surface area (Å²) >= 11 is 5.83. The molecule has 0 aromatic carbocycles. The third kappa shape index (κ3) is 2.86. The number of aromatic carboxylic acids is 1. The summed E-state index contributed by atoms with van der Waals surface area (Å²) in [5, 5.41) is 11.6. The molecule has 0 saturated heterocycles. The number of halogens is 1. The van der Waals surface area contributed by atoms with Crippen LogP contribution in [0.4, 0.5) is 5.69 Å². The van der Waals surface area contributed by atoms with Crippen LogP contribution in [0.3, 0.4) is 0 Å². The van der Waals surface area contributed by atoms with Crippen molar-refractivity contribution < 1.29 is 14.7 Å². The molecule has 6 nitrogen and oxygen atoms in total. The number of hydrogen-bond acceptors (Lipinski definition) is 4. The summed E-state index contributed by atoms with van der Waals surface area (Å²) in [5.74, 6) is -1.75. The van der Waals surface area contributed by atoms with Crippen molar-refractivity contribution in [2.45, 2.75) is 0 Å². The standard InChI is InChI=1S/C12H8ClN3O3/c13-8-6-14-5-3-7(8)11(17)16-9-2-1-4-15-10(9)12(18)19/h1-6H,(H,16,17)(H,18,19). The predicted octanol–water partition coefficient (Wildman–Crippen LogP) is 2.08. The molecule has 0 aliphatic rings. The van der Waals surface area contributed by atoms with E-state index in [1.165, 1.54) is 36.8 Å². The Morgan fingerprint density at radius 1 is 1.26 bits per heavy atom. The van der Waals surface area contributed by atoms with Gasteiger partial charge in [-0.2, -0.15) is 0 Å². The monoisotopic (exact) mass is 277 g/mol. The Bertz CT molecular complexity index is 646. The lowest BCUT2D eigenvalue weighted by Crippen LogP contribution is -2.16. The second-order valence-electron chi connectivity index (χ2n) is 3.51. The van der Waals surface area contributed by atoms with Gasteiger partial charge in [0.15, 0.2) is 5.69 Å². The van der Waals surface area contributed by atoms with Gasteiger partial charge < -0.3 is 10.4 Å². The predicted molar refractivity (Wildman–Crippen MR) is 68.4 cm³/mol. The first kappa shape index (κ1) is 13.0. The molecule has 0 fully saturated rings. The molecule has 2 aromatic heterocycles. The Hall–Kier alpha value is -2.47. The summed E-state index contributed by atoms with van der Waals surface area (Å²) in [6.07, 6.45) is 4.08. The molecule has 19 heavy (non-hydrogen) atoms. The molecule has 2 N–H and O–H groups in total. The Kier molecular flexibility index (Phi) is 3.72. The molecular formula is C12H8ClN3O3. The van der Waals surface area contributed by atoms with Crippen LogP contribution in [0.25, 0.3) is 0 Å². The number of carbonyl (C=O) groups excluding carboxylic acids is 1. The number of carboxylic acid groups (broad SMARTS) is 1. The Labute approximate surface area is 113 Å². The van der Waals surface area contributed by atoms with Crippen LogP contribution in [0.15, 0.2) is 36.8 Å². The van der Waals surface area contributed by atoms with Gasteiger partial charge in [-0.1, -0.05) is 11.6 Å². The molecule has 2 aromatic rings. The number of carbonyl (C=O) groups is 2. The first-order chi connectivity index (χ1) is 9.09. The topological polar surface area (TPSA) is 92.2 Å². The van der Waals surface area contributed by atoms with Crippen molar-refractivity contribution in [3.05, 3.63) is 53.1 Å². The van der Waals surface area contributed by atoms with Gasteiger partial charge in [-0.15, -0.1) is 0 Å². The maximum absolute atomic E-state index is 12.0. The van der Waals surface area contributed by atoms with Gasteiger partial charge in [0.05, 0.1) is 16.3 Å². The Morgan fingerprint density at radius 2 is 2.05 bits per heavy atom. The fourth-order valence-electron chi connectivity index (χ4n) is 1.43. The van der Waals surface area contributed by atoms with Crippen LogP contribution in [-0.2, 0) is 0 Å². The largest absolute Gasteiger partial charge is 0.476 e. The van der Waals surface area contributed by atoms with E-state index in [0.29, 0.717) is 0 Å². The minimum absolute atomic E-state index is 0.105. The van der Waals surface area contributed by atoms with E-state index in [9.17, 15) is 9.59 Å². The molecule has 0 saturated carbocycles. The third-order valence-electron chi connectivity index (χ3n) is 2.28. The molecule has 1 amide bonds. The maximum Gasteiger partial charge on any atom is 0.356 e. The molecule has 0 spiro atoms. The third-order valence-corrected chi connectivity index (χ3v) is 2.58. The summed E-state index contributed by atoms with van der Waals surface area (Å²) in [4.78, 5) is 30.4. The van der Waals surface area contributed by atoms with Crippen molar-refractivity contribution in [2.24, 2.45) is 0 Å². The van der Waals surface area contributed by atoms with Crippen molar-refractivity contribution in [2.75, 3.05) is 5.32 Å². The average Bonchev–Trinajstić information content (AvgIpc) is 2.39. The maximum atomic E-state index is 12.0. The highest BCUT2D eigenvalue weighted by Gasteiger charge is 2.15. The minimum Gasteiger partial charge on any atom is -0.476 e. The van der Waals surface area contributed by atoms with Gasteiger partial charge in [0.25, 0.3) is 5.91 Å². The van der Waals surface area contributed by atoms with Gasteiger partial charge in [-0.3, -0.25) is 9.78 Å².